The topological polar surface area (TPSA) is 105 Å². The lowest BCUT2D eigenvalue weighted by atomic mass is 10.1. The minimum absolute atomic E-state index is 0.00436. The van der Waals surface area contributed by atoms with Gasteiger partial charge in [0.15, 0.2) is 23.3 Å². The van der Waals surface area contributed by atoms with E-state index in [1.807, 2.05) is 25.2 Å². The van der Waals surface area contributed by atoms with Crippen molar-refractivity contribution in [3.63, 3.8) is 0 Å². The summed E-state index contributed by atoms with van der Waals surface area (Å²) < 4.78 is 59.5. The normalized spacial score (nSPS) is 10.8. The number of nitrogens with one attached hydrogen (secondary N) is 4. The maximum Gasteiger partial charge on any atom is 0.325 e. The highest BCUT2D eigenvalue weighted by Gasteiger charge is 2.22. The Hall–Kier alpha value is -3.89. The van der Waals surface area contributed by atoms with Crippen molar-refractivity contribution in [3.05, 3.63) is 64.7 Å². The SMILES string of the molecule is CCN(CC)c1ccc2cc(C(=N)NC(=O)Nc3c(F)c(F)cc(F)c3F)c(=N)oc2c1. The number of nitrogens with zero attached hydrogens (tertiary/aromatic N) is 1. The number of amides is 2. The molecule has 2 amide bonds. The van der Waals surface area contributed by atoms with Crippen LogP contribution in [0.25, 0.3) is 11.0 Å². The maximum absolute atomic E-state index is 13.7. The molecule has 1 aromatic heterocycles. The van der Waals surface area contributed by atoms with Crippen molar-refractivity contribution in [3.8, 4) is 0 Å². The van der Waals surface area contributed by atoms with Crippen molar-refractivity contribution in [1.29, 1.82) is 10.8 Å². The molecule has 3 aromatic rings. The second kappa shape index (κ2) is 9.08. The van der Waals surface area contributed by atoms with Crippen molar-refractivity contribution >= 4 is 34.2 Å². The third-order valence-electron chi connectivity index (χ3n) is 4.74. The van der Waals surface area contributed by atoms with Crippen LogP contribution in [0.15, 0.2) is 34.7 Å². The van der Waals surface area contributed by atoms with Gasteiger partial charge in [0.2, 0.25) is 5.55 Å². The lowest BCUT2D eigenvalue weighted by molar-refractivity contribution is 0.255. The number of amidine groups is 1. The van der Waals surface area contributed by atoms with Crippen molar-refractivity contribution in [2.45, 2.75) is 13.8 Å². The van der Waals surface area contributed by atoms with E-state index in [-0.39, 0.29) is 11.6 Å². The van der Waals surface area contributed by atoms with Gasteiger partial charge in [-0.2, -0.15) is 0 Å². The maximum atomic E-state index is 13.7. The van der Waals surface area contributed by atoms with Gasteiger partial charge in [-0.25, -0.2) is 22.4 Å². The monoisotopic (exact) mass is 449 g/mol. The largest absolute Gasteiger partial charge is 0.438 e. The number of halogens is 4. The highest BCUT2D eigenvalue weighted by Crippen LogP contribution is 2.24. The molecule has 1 heterocycles. The van der Waals surface area contributed by atoms with Gasteiger partial charge in [0.05, 0.1) is 5.56 Å². The molecule has 0 atom stereocenters. The highest BCUT2D eigenvalue weighted by molar-refractivity contribution is 6.09. The minimum Gasteiger partial charge on any atom is -0.438 e. The van der Waals surface area contributed by atoms with Crippen LogP contribution < -0.4 is 21.1 Å². The molecule has 3 rings (SSSR count). The van der Waals surface area contributed by atoms with Gasteiger partial charge in [0.25, 0.3) is 0 Å². The quantitative estimate of drug-likeness (QED) is 0.200. The van der Waals surface area contributed by atoms with Gasteiger partial charge in [0.1, 0.15) is 17.1 Å². The predicted octanol–water partition coefficient (Wildman–Crippen LogP) is 4.46. The molecule has 0 radical (unpaired) electrons. The van der Waals surface area contributed by atoms with E-state index in [4.69, 9.17) is 15.2 Å². The lowest BCUT2D eigenvalue weighted by Gasteiger charge is -2.21. The summed E-state index contributed by atoms with van der Waals surface area (Å²) in [5, 5.41) is 20.2. The third kappa shape index (κ3) is 4.41. The molecule has 32 heavy (non-hydrogen) atoms. The van der Waals surface area contributed by atoms with Gasteiger partial charge in [0, 0.05) is 36.3 Å². The Kier molecular flexibility index (Phi) is 6.47. The Balaban J connectivity index is 1.84. The third-order valence-corrected chi connectivity index (χ3v) is 4.74. The van der Waals surface area contributed by atoms with E-state index >= 15 is 0 Å². The zero-order valence-corrected chi connectivity index (χ0v) is 17.1. The number of carbonyl (C=O) groups is 1. The van der Waals surface area contributed by atoms with Gasteiger partial charge in [-0.1, -0.05) is 0 Å². The Morgan fingerprint density at radius 1 is 1.03 bits per heavy atom. The highest BCUT2D eigenvalue weighted by atomic mass is 19.2. The molecule has 2 aromatic carbocycles. The fourth-order valence-corrected chi connectivity index (χ4v) is 3.10. The molecular weight excluding hydrogens is 430 g/mol. The molecule has 0 aliphatic heterocycles. The Morgan fingerprint density at radius 2 is 1.66 bits per heavy atom. The van der Waals surface area contributed by atoms with Crippen LogP contribution in [0.4, 0.5) is 33.7 Å². The molecular formula is C21H19F4N5O2. The second-order valence-corrected chi connectivity index (χ2v) is 6.68. The summed E-state index contributed by atoms with van der Waals surface area (Å²) in [6.45, 7) is 5.54. The Morgan fingerprint density at radius 3 is 2.25 bits per heavy atom. The molecule has 0 fully saturated rings. The summed E-state index contributed by atoms with van der Waals surface area (Å²) in [7, 11) is 0. The van der Waals surface area contributed by atoms with Crippen LogP contribution in [0.2, 0.25) is 0 Å². The van der Waals surface area contributed by atoms with E-state index < -0.39 is 46.4 Å². The van der Waals surface area contributed by atoms with E-state index in [0.29, 0.717) is 11.0 Å². The number of urea groups is 1. The van der Waals surface area contributed by atoms with Gasteiger partial charge >= 0.3 is 6.03 Å². The first-order chi connectivity index (χ1) is 15.2. The first kappa shape index (κ1) is 22.8. The molecule has 0 unspecified atom stereocenters. The number of anilines is 2. The van der Waals surface area contributed by atoms with Crippen molar-refractivity contribution in [2.24, 2.45) is 0 Å². The van der Waals surface area contributed by atoms with Crippen LogP contribution >= 0.6 is 0 Å². The van der Waals surface area contributed by atoms with Crippen molar-refractivity contribution < 1.29 is 26.8 Å². The number of fused-ring (bicyclic) bond motifs is 1. The molecule has 0 saturated heterocycles. The zero-order chi connectivity index (χ0) is 23.6. The molecule has 7 nitrogen and oxygen atoms in total. The summed E-state index contributed by atoms with van der Waals surface area (Å²) in [5.41, 5.74) is -0.619. The standard InChI is InChI=1S/C21H19F4N5O2/c1-3-30(4-2)11-6-5-10-7-12(20(27)32-15(10)8-11)19(26)29-21(31)28-18-16(24)13(22)9-14(23)17(18)25/h5-9,27H,3-4H2,1-2H3,(H3,26,28,29,31). The number of benzene rings is 2. The van der Waals surface area contributed by atoms with Crippen molar-refractivity contribution in [2.75, 3.05) is 23.3 Å². The molecule has 0 bridgehead atoms. The molecule has 0 aliphatic carbocycles. The zero-order valence-electron chi connectivity index (χ0n) is 17.1. The van der Waals surface area contributed by atoms with E-state index in [1.54, 1.807) is 17.4 Å². The summed E-state index contributed by atoms with van der Waals surface area (Å²) in [4.78, 5) is 14.1. The fourth-order valence-electron chi connectivity index (χ4n) is 3.10. The van der Waals surface area contributed by atoms with Gasteiger partial charge in [-0.3, -0.25) is 16.1 Å². The summed E-state index contributed by atoms with van der Waals surface area (Å²) in [5.74, 6) is -7.60. The van der Waals surface area contributed by atoms with E-state index in [0.717, 1.165) is 18.8 Å². The minimum atomic E-state index is -1.79. The van der Waals surface area contributed by atoms with Crippen LogP contribution in [-0.4, -0.2) is 25.0 Å². The molecule has 11 heteroatoms. The molecule has 0 aliphatic rings. The van der Waals surface area contributed by atoms with Crippen LogP contribution in [-0.2, 0) is 0 Å². The first-order valence-electron chi connectivity index (χ1n) is 9.53. The van der Waals surface area contributed by atoms with Crippen LogP contribution in [0.3, 0.4) is 0 Å². The van der Waals surface area contributed by atoms with Gasteiger partial charge in [-0.05, 0) is 32.0 Å². The summed E-state index contributed by atoms with van der Waals surface area (Å²) in [6, 6.07) is 5.41. The number of rotatable bonds is 5. The molecule has 168 valence electrons. The number of carbonyl (C=O) groups excluding carboxylic acids is 1. The van der Waals surface area contributed by atoms with E-state index in [9.17, 15) is 22.4 Å². The van der Waals surface area contributed by atoms with E-state index in [2.05, 4.69) is 4.90 Å². The summed E-state index contributed by atoms with van der Waals surface area (Å²) in [6.07, 6.45) is 0. The van der Waals surface area contributed by atoms with Gasteiger partial charge in [-0.15, -0.1) is 0 Å². The Labute approximate surface area is 179 Å². The predicted molar refractivity (Wildman–Crippen MR) is 111 cm³/mol. The number of hydrogen-bond acceptors (Lipinski definition) is 5. The number of hydrogen-bond donors (Lipinski definition) is 4. The van der Waals surface area contributed by atoms with Crippen LogP contribution in [0.5, 0.6) is 0 Å². The fraction of sp³-hybridized carbons (Fsp3) is 0.190. The lowest BCUT2D eigenvalue weighted by Crippen LogP contribution is -2.37. The second-order valence-electron chi connectivity index (χ2n) is 6.68. The molecule has 0 saturated carbocycles. The smallest absolute Gasteiger partial charge is 0.325 e. The van der Waals surface area contributed by atoms with Crippen LogP contribution in [0.1, 0.15) is 19.4 Å². The Bertz CT molecular complexity index is 1250. The first-order valence-corrected chi connectivity index (χ1v) is 9.53. The summed E-state index contributed by atoms with van der Waals surface area (Å²) >= 11 is 0. The van der Waals surface area contributed by atoms with Crippen LogP contribution in [0, 0.1) is 34.1 Å². The van der Waals surface area contributed by atoms with Crippen molar-refractivity contribution in [1.82, 2.24) is 5.32 Å². The molecule has 0 spiro atoms. The van der Waals surface area contributed by atoms with E-state index in [1.165, 1.54) is 6.07 Å². The molecule has 4 N–H and O–H groups in total. The average molecular weight is 449 g/mol. The average Bonchev–Trinajstić information content (AvgIpc) is 2.75. The van der Waals surface area contributed by atoms with Gasteiger partial charge < -0.3 is 14.6 Å².